The number of amides is 1. The fourth-order valence-corrected chi connectivity index (χ4v) is 1.29. The topological polar surface area (TPSA) is 126 Å². The normalized spacial score (nSPS) is 10.3. The van der Waals surface area contributed by atoms with Gasteiger partial charge in [-0.2, -0.15) is 5.10 Å². The Hall–Kier alpha value is -2.84. The molecule has 1 N–H and O–H groups in total. The molecule has 0 heterocycles. The summed E-state index contributed by atoms with van der Waals surface area (Å²) < 4.78 is 9.31. The lowest BCUT2D eigenvalue weighted by Crippen LogP contribution is -2.16. The predicted octanol–water partition coefficient (Wildman–Crippen LogP) is 0.757. The van der Waals surface area contributed by atoms with E-state index in [0.29, 0.717) is 0 Å². The maximum absolute atomic E-state index is 11.7. The molecule has 1 aromatic carbocycles. The standard InChI is InChI=1S/C11H13N3O6/c1-3-20-9-5-7(6-12-13-11(16)19-2)4-8(10(9)15)14(17)18/h4-6,15H,3H2,1-2H3,(H,13,16)/p-1/b12-6-. The minimum Gasteiger partial charge on any atom is -0.865 e. The van der Waals surface area contributed by atoms with Crippen LogP contribution in [0.5, 0.6) is 11.5 Å². The van der Waals surface area contributed by atoms with Crippen molar-refractivity contribution in [2.45, 2.75) is 6.92 Å². The number of carbonyl (C=O) groups is 1. The van der Waals surface area contributed by atoms with Crippen molar-refractivity contribution in [2.24, 2.45) is 5.10 Å². The van der Waals surface area contributed by atoms with Gasteiger partial charge in [-0.05, 0) is 13.0 Å². The summed E-state index contributed by atoms with van der Waals surface area (Å²) in [6.07, 6.45) is 0.340. The highest BCUT2D eigenvalue weighted by Crippen LogP contribution is 2.34. The first-order valence-electron chi connectivity index (χ1n) is 5.48. The fourth-order valence-electron chi connectivity index (χ4n) is 1.29. The zero-order valence-corrected chi connectivity index (χ0v) is 10.8. The third kappa shape index (κ3) is 3.83. The summed E-state index contributed by atoms with van der Waals surface area (Å²) in [5, 5.41) is 26.0. The number of ether oxygens (including phenoxy) is 2. The van der Waals surface area contributed by atoms with Crippen LogP contribution in [0.4, 0.5) is 10.5 Å². The van der Waals surface area contributed by atoms with Crippen molar-refractivity contribution < 1.29 is 24.3 Å². The largest absolute Gasteiger partial charge is 0.865 e. The first-order valence-corrected chi connectivity index (χ1v) is 5.48. The molecule has 0 radical (unpaired) electrons. The van der Waals surface area contributed by atoms with Crippen LogP contribution in [0.15, 0.2) is 17.2 Å². The van der Waals surface area contributed by atoms with E-state index in [-0.39, 0.29) is 17.9 Å². The van der Waals surface area contributed by atoms with E-state index in [0.717, 1.165) is 19.4 Å². The molecule has 9 nitrogen and oxygen atoms in total. The number of rotatable bonds is 5. The molecule has 0 aromatic heterocycles. The number of carbonyl (C=O) groups excluding carboxylic acids is 1. The molecule has 1 amide bonds. The summed E-state index contributed by atoms with van der Waals surface area (Å²) in [4.78, 5) is 20.7. The minimum atomic E-state index is -0.810. The maximum Gasteiger partial charge on any atom is 0.427 e. The third-order valence-electron chi connectivity index (χ3n) is 2.11. The van der Waals surface area contributed by atoms with E-state index < -0.39 is 22.5 Å². The fraction of sp³-hybridized carbons (Fsp3) is 0.273. The SMILES string of the molecule is CCOc1cc(/C=N\NC(=O)OC)cc([N+](=O)[O-])c1[O-]. The second kappa shape index (κ2) is 6.92. The molecule has 0 bridgehead atoms. The number of hydrogen-bond donors (Lipinski definition) is 1. The molecule has 0 unspecified atom stereocenters. The molecule has 0 atom stereocenters. The van der Waals surface area contributed by atoms with Gasteiger partial charge in [-0.1, -0.05) is 0 Å². The van der Waals surface area contributed by atoms with Crippen LogP contribution in [0, 0.1) is 10.1 Å². The predicted molar refractivity (Wildman–Crippen MR) is 66.8 cm³/mol. The van der Waals surface area contributed by atoms with Crippen molar-refractivity contribution >= 4 is 18.0 Å². The Kier molecular flexibility index (Phi) is 5.27. The molecule has 0 saturated heterocycles. The van der Waals surface area contributed by atoms with Crippen molar-refractivity contribution in [3.05, 3.63) is 27.8 Å². The van der Waals surface area contributed by atoms with Crippen LogP contribution in [0.25, 0.3) is 0 Å². The minimum absolute atomic E-state index is 0.152. The van der Waals surface area contributed by atoms with Gasteiger partial charge in [-0.25, -0.2) is 10.2 Å². The van der Waals surface area contributed by atoms with Crippen molar-refractivity contribution in [1.82, 2.24) is 5.43 Å². The van der Waals surface area contributed by atoms with Crippen molar-refractivity contribution in [3.8, 4) is 11.5 Å². The Morgan fingerprint density at radius 1 is 1.55 bits per heavy atom. The molecule has 0 aliphatic rings. The van der Waals surface area contributed by atoms with Crippen LogP contribution in [0.1, 0.15) is 12.5 Å². The van der Waals surface area contributed by atoms with Gasteiger partial charge < -0.3 is 14.6 Å². The van der Waals surface area contributed by atoms with Crippen molar-refractivity contribution in [1.29, 1.82) is 0 Å². The molecule has 1 rings (SSSR count). The molecular weight excluding hydrogens is 270 g/mol. The second-order valence-corrected chi connectivity index (χ2v) is 3.42. The summed E-state index contributed by atoms with van der Waals surface area (Å²) in [7, 11) is 1.16. The lowest BCUT2D eigenvalue weighted by Gasteiger charge is -2.14. The van der Waals surface area contributed by atoms with Gasteiger partial charge in [0.2, 0.25) is 0 Å². The Morgan fingerprint density at radius 2 is 2.25 bits per heavy atom. The molecule has 0 fully saturated rings. The van der Waals surface area contributed by atoms with Gasteiger partial charge in [-0.3, -0.25) is 10.1 Å². The van der Waals surface area contributed by atoms with Gasteiger partial charge in [0.1, 0.15) is 5.75 Å². The van der Waals surface area contributed by atoms with Crippen LogP contribution in [-0.4, -0.2) is 30.9 Å². The quantitative estimate of drug-likeness (QED) is 0.482. The Morgan fingerprint density at radius 3 is 2.80 bits per heavy atom. The molecule has 20 heavy (non-hydrogen) atoms. The van der Waals surface area contributed by atoms with Crippen LogP contribution in [0.2, 0.25) is 0 Å². The molecule has 0 aliphatic carbocycles. The second-order valence-electron chi connectivity index (χ2n) is 3.42. The number of methoxy groups -OCH3 is 1. The summed E-state index contributed by atoms with van der Waals surface area (Å²) in [5.74, 6) is -0.962. The first-order chi connectivity index (χ1) is 9.49. The maximum atomic E-state index is 11.7. The van der Waals surface area contributed by atoms with E-state index in [1.54, 1.807) is 6.92 Å². The average molecular weight is 282 g/mol. The zero-order chi connectivity index (χ0) is 15.1. The Balaban J connectivity index is 3.07. The molecule has 9 heteroatoms. The number of hydrazone groups is 1. The van der Waals surface area contributed by atoms with E-state index in [4.69, 9.17) is 4.74 Å². The average Bonchev–Trinajstić information content (AvgIpc) is 2.41. The van der Waals surface area contributed by atoms with Gasteiger partial charge in [0, 0.05) is 17.4 Å². The van der Waals surface area contributed by atoms with Crippen LogP contribution >= 0.6 is 0 Å². The van der Waals surface area contributed by atoms with E-state index in [1.165, 1.54) is 6.07 Å². The van der Waals surface area contributed by atoms with Crippen molar-refractivity contribution in [2.75, 3.05) is 13.7 Å². The Bertz CT molecular complexity index is 543. The summed E-state index contributed by atoms with van der Waals surface area (Å²) >= 11 is 0. The Labute approximate surface area is 114 Å². The summed E-state index contributed by atoms with van der Waals surface area (Å²) in [6.45, 7) is 1.83. The highest BCUT2D eigenvalue weighted by molar-refractivity contribution is 5.83. The number of benzene rings is 1. The number of nitrogens with zero attached hydrogens (tertiary/aromatic N) is 2. The zero-order valence-electron chi connectivity index (χ0n) is 10.8. The lowest BCUT2D eigenvalue weighted by molar-refractivity contribution is -0.398. The van der Waals surface area contributed by atoms with E-state index in [9.17, 15) is 20.0 Å². The van der Waals surface area contributed by atoms with E-state index in [1.807, 2.05) is 5.43 Å². The van der Waals surface area contributed by atoms with E-state index >= 15 is 0 Å². The van der Waals surface area contributed by atoms with Crippen LogP contribution < -0.4 is 15.3 Å². The number of nitrogens with one attached hydrogen (secondary N) is 1. The highest BCUT2D eigenvalue weighted by Gasteiger charge is 2.13. The smallest absolute Gasteiger partial charge is 0.427 e. The van der Waals surface area contributed by atoms with E-state index in [2.05, 4.69) is 9.84 Å². The third-order valence-corrected chi connectivity index (χ3v) is 2.11. The molecule has 108 valence electrons. The molecule has 0 saturated carbocycles. The van der Waals surface area contributed by atoms with Gasteiger partial charge in [-0.15, -0.1) is 0 Å². The molecular formula is C11H12N3O6-. The number of hydrogen-bond acceptors (Lipinski definition) is 7. The molecule has 1 aromatic rings. The summed E-state index contributed by atoms with van der Waals surface area (Å²) in [5.41, 5.74) is 1.62. The van der Waals surface area contributed by atoms with Gasteiger partial charge in [0.15, 0.2) is 0 Å². The molecule has 0 aliphatic heterocycles. The van der Waals surface area contributed by atoms with Crippen LogP contribution in [-0.2, 0) is 4.74 Å². The molecule has 0 spiro atoms. The number of nitro groups is 1. The lowest BCUT2D eigenvalue weighted by atomic mass is 10.2. The van der Waals surface area contributed by atoms with Crippen molar-refractivity contribution in [3.63, 3.8) is 0 Å². The highest BCUT2D eigenvalue weighted by atomic mass is 16.6. The number of nitro benzene ring substituents is 1. The van der Waals surface area contributed by atoms with Gasteiger partial charge in [0.05, 0.1) is 24.9 Å². The van der Waals surface area contributed by atoms with Crippen LogP contribution in [0.3, 0.4) is 0 Å². The van der Waals surface area contributed by atoms with Gasteiger partial charge >= 0.3 is 6.09 Å². The summed E-state index contributed by atoms with van der Waals surface area (Å²) in [6, 6.07) is 2.33. The monoisotopic (exact) mass is 282 g/mol. The van der Waals surface area contributed by atoms with Gasteiger partial charge in [0.25, 0.3) is 5.69 Å². The first kappa shape index (κ1) is 15.2.